The summed E-state index contributed by atoms with van der Waals surface area (Å²) in [5, 5.41) is 12.8. The molecule has 7 nitrogen and oxygen atoms in total. The smallest absolute Gasteiger partial charge is 0.338 e. The Hall–Kier alpha value is -2.65. The lowest BCUT2D eigenvalue weighted by molar-refractivity contribution is 0.260. The molecule has 0 aliphatic carbocycles. The van der Waals surface area contributed by atoms with Crippen molar-refractivity contribution in [2.75, 3.05) is 10.7 Å². The van der Waals surface area contributed by atoms with Crippen molar-refractivity contribution in [3.05, 3.63) is 78.1 Å². The summed E-state index contributed by atoms with van der Waals surface area (Å²) in [7, 11) is 0. The zero-order valence-corrected chi connectivity index (χ0v) is 16.2. The summed E-state index contributed by atoms with van der Waals surface area (Å²) in [6, 6.07) is 11.6. The van der Waals surface area contributed by atoms with Gasteiger partial charge in [-0.3, -0.25) is 9.59 Å². The number of anilines is 1. The number of hydrogen-bond donors (Lipinski definition) is 3. The number of fused-ring (bicyclic) bond motifs is 1. The maximum Gasteiger partial charge on any atom is 0.338 e. The van der Waals surface area contributed by atoms with E-state index in [1.54, 1.807) is 30.3 Å². The Bertz CT molecular complexity index is 1140. The van der Waals surface area contributed by atoms with Crippen LogP contribution in [0.3, 0.4) is 0 Å². The monoisotopic (exact) mass is 479 g/mol. The quantitative estimate of drug-likeness (QED) is 0.489. The Morgan fingerprint density at radius 1 is 1.04 bits per heavy atom. The van der Waals surface area contributed by atoms with Crippen LogP contribution in [0.1, 0.15) is 0 Å². The van der Waals surface area contributed by atoms with Crippen LogP contribution in [0.4, 0.5) is 10.5 Å². The SMILES string of the molecule is O=C(Nc1cccc(Br)c1Br)Nn1c(=O)c(=O)cc(O)c2ccccc21. The Labute approximate surface area is 163 Å². The van der Waals surface area contributed by atoms with Crippen molar-refractivity contribution in [2.24, 2.45) is 0 Å². The highest BCUT2D eigenvalue weighted by Gasteiger charge is 2.12. The average molecular weight is 481 g/mol. The molecular weight excluding hydrogens is 470 g/mol. The highest BCUT2D eigenvalue weighted by Crippen LogP contribution is 2.30. The second kappa shape index (κ2) is 7.30. The van der Waals surface area contributed by atoms with Crippen LogP contribution in [0.2, 0.25) is 0 Å². The third kappa shape index (κ3) is 3.49. The summed E-state index contributed by atoms with van der Waals surface area (Å²) in [5.74, 6) is -0.349. The number of urea groups is 1. The normalized spacial score (nSPS) is 10.5. The summed E-state index contributed by atoms with van der Waals surface area (Å²) < 4.78 is 2.16. The van der Waals surface area contributed by atoms with E-state index in [-0.39, 0.29) is 16.7 Å². The molecule has 0 radical (unpaired) electrons. The molecule has 2 aromatic carbocycles. The van der Waals surface area contributed by atoms with Gasteiger partial charge >= 0.3 is 11.6 Å². The fourth-order valence-electron chi connectivity index (χ4n) is 2.33. The van der Waals surface area contributed by atoms with Gasteiger partial charge in [-0.25, -0.2) is 14.9 Å². The van der Waals surface area contributed by atoms with E-state index in [9.17, 15) is 19.5 Å². The van der Waals surface area contributed by atoms with Crippen LogP contribution in [0.25, 0.3) is 10.9 Å². The van der Waals surface area contributed by atoms with Crippen molar-refractivity contribution in [3.63, 3.8) is 0 Å². The molecule has 0 fully saturated rings. The van der Waals surface area contributed by atoms with E-state index >= 15 is 0 Å². The van der Waals surface area contributed by atoms with E-state index in [1.165, 1.54) is 12.1 Å². The molecule has 0 saturated heterocycles. The molecule has 3 rings (SSSR count). The van der Waals surface area contributed by atoms with Crippen LogP contribution in [-0.2, 0) is 0 Å². The minimum atomic E-state index is -0.995. The predicted octanol–water partition coefficient (Wildman–Crippen LogP) is 3.37. The van der Waals surface area contributed by atoms with Crippen molar-refractivity contribution >= 4 is 54.5 Å². The van der Waals surface area contributed by atoms with E-state index in [2.05, 4.69) is 42.6 Å². The van der Waals surface area contributed by atoms with Crippen LogP contribution >= 0.6 is 31.9 Å². The van der Waals surface area contributed by atoms with Crippen LogP contribution < -0.4 is 21.7 Å². The van der Waals surface area contributed by atoms with Crippen molar-refractivity contribution in [2.45, 2.75) is 0 Å². The fraction of sp³-hybridized carbons (Fsp3) is 0. The Balaban J connectivity index is 2.06. The van der Waals surface area contributed by atoms with Gasteiger partial charge in [-0.15, -0.1) is 0 Å². The van der Waals surface area contributed by atoms with Gasteiger partial charge < -0.3 is 10.4 Å². The highest BCUT2D eigenvalue weighted by atomic mass is 79.9. The summed E-state index contributed by atoms with van der Waals surface area (Å²) in [6.45, 7) is 0. The number of carbonyl (C=O) groups is 1. The maximum atomic E-state index is 12.4. The number of rotatable bonds is 2. The Morgan fingerprint density at radius 3 is 2.54 bits per heavy atom. The number of aromatic hydroxyl groups is 1. The molecule has 2 amide bonds. The maximum absolute atomic E-state index is 12.4. The van der Waals surface area contributed by atoms with Gasteiger partial charge in [-0.05, 0) is 56.1 Å². The number of hydrogen-bond acceptors (Lipinski definition) is 4. The van der Waals surface area contributed by atoms with Crippen LogP contribution in [0.15, 0.2) is 67.1 Å². The Kier molecular flexibility index (Phi) is 5.10. The number of para-hydroxylation sites is 1. The second-order valence-corrected chi connectivity index (χ2v) is 6.87. The van der Waals surface area contributed by atoms with E-state index in [0.29, 0.717) is 10.2 Å². The highest BCUT2D eigenvalue weighted by molar-refractivity contribution is 9.13. The molecule has 3 aromatic rings. The second-order valence-electron chi connectivity index (χ2n) is 5.22. The molecule has 0 aliphatic rings. The van der Waals surface area contributed by atoms with Gasteiger partial charge in [0.05, 0.1) is 15.7 Å². The zero-order valence-electron chi connectivity index (χ0n) is 13.0. The number of aromatic nitrogens is 1. The lowest BCUT2D eigenvalue weighted by Gasteiger charge is -2.12. The van der Waals surface area contributed by atoms with Crippen molar-refractivity contribution in [1.29, 1.82) is 0 Å². The standard InChI is InChI=1S/C17H11Br2N3O4/c18-10-5-3-6-11(15(10)19)20-17(26)21-22-12-7-2-1-4-9(12)13(23)8-14(24)16(22)25/h1-8,23H,(H2,20,21,26). The van der Waals surface area contributed by atoms with Gasteiger partial charge in [-0.2, -0.15) is 0 Å². The van der Waals surface area contributed by atoms with Gasteiger partial charge in [0.2, 0.25) is 5.43 Å². The molecule has 0 atom stereocenters. The van der Waals surface area contributed by atoms with Crippen LogP contribution in [0, 0.1) is 0 Å². The first-order chi connectivity index (χ1) is 12.4. The minimum absolute atomic E-state index is 0.181. The molecular formula is C17H11Br2N3O4. The van der Waals surface area contributed by atoms with Gasteiger partial charge in [-0.1, -0.05) is 18.2 Å². The first-order valence-electron chi connectivity index (χ1n) is 7.28. The van der Waals surface area contributed by atoms with E-state index in [1.807, 2.05) is 0 Å². The number of benzene rings is 2. The molecule has 0 spiro atoms. The number of nitrogens with zero attached hydrogens (tertiary/aromatic N) is 1. The average Bonchev–Trinajstić information content (AvgIpc) is 2.70. The molecule has 132 valence electrons. The van der Waals surface area contributed by atoms with Crippen molar-refractivity contribution < 1.29 is 9.90 Å². The topological polar surface area (TPSA) is 100 Å². The third-order valence-corrected chi connectivity index (χ3v) is 5.56. The number of carbonyl (C=O) groups excluding carboxylic acids is 1. The van der Waals surface area contributed by atoms with Gasteiger partial charge in [0.15, 0.2) is 0 Å². The zero-order chi connectivity index (χ0) is 18.8. The molecule has 1 heterocycles. The lowest BCUT2D eigenvalue weighted by atomic mass is 10.2. The summed E-state index contributed by atoms with van der Waals surface area (Å²) in [4.78, 5) is 36.6. The van der Waals surface area contributed by atoms with Gasteiger partial charge in [0.25, 0.3) is 0 Å². The van der Waals surface area contributed by atoms with Crippen molar-refractivity contribution in [1.82, 2.24) is 4.68 Å². The van der Waals surface area contributed by atoms with Crippen molar-refractivity contribution in [3.8, 4) is 5.75 Å². The third-order valence-electron chi connectivity index (χ3n) is 3.52. The Morgan fingerprint density at radius 2 is 1.77 bits per heavy atom. The van der Waals surface area contributed by atoms with Gasteiger partial charge in [0.1, 0.15) is 5.75 Å². The number of nitrogens with one attached hydrogen (secondary N) is 2. The largest absolute Gasteiger partial charge is 0.507 e. The summed E-state index contributed by atoms with van der Waals surface area (Å²) in [5.41, 5.74) is 1.03. The van der Waals surface area contributed by atoms with Gasteiger partial charge in [0, 0.05) is 15.9 Å². The summed E-state index contributed by atoms with van der Waals surface area (Å²) >= 11 is 6.66. The predicted molar refractivity (Wildman–Crippen MR) is 106 cm³/mol. The molecule has 1 aromatic heterocycles. The molecule has 3 N–H and O–H groups in total. The lowest BCUT2D eigenvalue weighted by Crippen LogP contribution is -2.40. The van der Waals surface area contributed by atoms with E-state index < -0.39 is 17.0 Å². The van der Waals surface area contributed by atoms with E-state index in [0.717, 1.165) is 15.2 Å². The fourth-order valence-corrected chi connectivity index (χ4v) is 3.06. The summed E-state index contributed by atoms with van der Waals surface area (Å²) in [6.07, 6.45) is 0. The molecule has 0 aliphatic heterocycles. The van der Waals surface area contributed by atoms with Crippen LogP contribution in [-0.4, -0.2) is 15.8 Å². The molecule has 9 heteroatoms. The first-order valence-corrected chi connectivity index (χ1v) is 8.87. The minimum Gasteiger partial charge on any atom is -0.507 e. The number of amides is 2. The molecule has 0 unspecified atom stereocenters. The van der Waals surface area contributed by atoms with Crippen LogP contribution in [0.5, 0.6) is 5.75 Å². The molecule has 0 saturated carbocycles. The molecule has 26 heavy (non-hydrogen) atoms. The molecule has 0 bridgehead atoms. The number of halogens is 2. The first kappa shape index (κ1) is 18.2. The van der Waals surface area contributed by atoms with E-state index in [4.69, 9.17) is 0 Å².